The summed E-state index contributed by atoms with van der Waals surface area (Å²) in [5.41, 5.74) is 3.26. The number of nitrogens with two attached hydrogens (primary N) is 1. The molecule has 0 bridgehead atoms. The lowest BCUT2D eigenvalue weighted by Crippen LogP contribution is -2.44. The van der Waals surface area contributed by atoms with Crippen LogP contribution in [0, 0.1) is 5.92 Å². The molecule has 202 valence electrons. The number of rotatable bonds is 5. The van der Waals surface area contributed by atoms with Gasteiger partial charge in [-0.15, -0.1) is 0 Å². The molecule has 1 aliphatic carbocycles. The standard InChI is InChI=1S/C23H22F5N7O3/c1-38-19-12(17-4-14(23(26,27)28)18-20(29)31-9-32-35(17)18)5-30-6-13(19)21(36)33-16-8-34(7-15(16)25)22(37)10-2-11(24)3-10/h4-6,9-11,15-16H,2-3,7-8H2,1H3,(H,33,36)(H2,29,31,32)/t10?,11?,15-,16+/m0/s1/i6D. The van der Waals surface area contributed by atoms with E-state index in [4.69, 9.17) is 11.8 Å². The Morgan fingerprint density at radius 1 is 1.26 bits per heavy atom. The third-order valence-electron chi connectivity index (χ3n) is 6.74. The molecule has 2 atom stereocenters. The van der Waals surface area contributed by atoms with Gasteiger partial charge >= 0.3 is 6.18 Å². The fourth-order valence-corrected chi connectivity index (χ4v) is 4.76. The van der Waals surface area contributed by atoms with Crippen LogP contribution in [0.25, 0.3) is 16.8 Å². The molecule has 0 spiro atoms. The van der Waals surface area contributed by atoms with Crippen molar-refractivity contribution in [3.63, 3.8) is 0 Å². The van der Waals surface area contributed by atoms with E-state index in [9.17, 15) is 31.5 Å². The van der Waals surface area contributed by atoms with Gasteiger partial charge < -0.3 is 20.7 Å². The summed E-state index contributed by atoms with van der Waals surface area (Å²) in [4.78, 5) is 34.4. The van der Waals surface area contributed by atoms with Crippen molar-refractivity contribution in [2.75, 3.05) is 25.9 Å². The topological polar surface area (TPSA) is 128 Å². The number of alkyl halides is 5. The van der Waals surface area contributed by atoms with Gasteiger partial charge in [0.05, 0.1) is 37.9 Å². The second-order valence-electron chi connectivity index (χ2n) is 9.14. The molecular formula is C23H22F5N7O3. The molecule has 0 unspecified atom stereocenters. The molecule has 1 saturated heterocycles. The number of halogens is 5. The smallest absolute Gasteiger partial charge is 0.418 e. The summed E-state index contributed by atoms with van der Waals surface area (Å²) >= 11 is 0. The van der Waals surface area contributed by atoms with E-state index in [1.54, 1.807) is 0 Å². The lowest BCUT2D eigenvalue weighted by atomic mass is 9.82. The zero-order chi connectivity index (χ0) is 28.2. The van der Waals surface area contributed by atoms with E-state index < -0.39 is 70.9 Å². The lowest BCUT2D eigenvalue weighted by Gasteiger charge is -2.31. The number of pyridine rings is 1. The quantitative estimate of drug-likeness (QED) is 0.476. The Labute approximate surface area is 213 Å². The first-order chi connectivity index (χ1) is 18.4. The van der Waals surface area contributed by atoms with Gasteiger partial charge in [0.1, 0.15) is 35.5 Å². The van der Waals surface area contributed by atoms with E-state index in [0.29, 0.717) is 0 Å². The molecule has 2 amide bonds. The number of methoxy groups -OCH3 is 1. The van der Waals surface area contributed by atoms with Crippen LogP contribution in [0.4, 0.5) is 27.8 Å². The highest BCUT2D eigenvalue weighted by Gasteiger charge is 2.43. The summed E-state index contributed by atoms with van der Waals surface area (Å²) in [6, 6.07) is -0.403. The molecule has 2 fully saturated rings. The van der Waals surface area contributed by atoms with E-state index in [1.165, 1.54) is 4.90 Å². The fraction of sp³-hybridized carbons (Fsp3) is 0.435. The highest BCUT2D eigenvalue weighted by Crippen LogP contribution is 2.41. The Balaban J connectivity index is 1.48. The van der Waals surface area contributed by atoms with Gasteiger partial charge in [0.2, 0.25) is 5.91 Å². The minimum absolute atomic E-state index is 0.0716. The van der Waals surface area contributed by atoms with Gasteiger partial charge in [-0.3, -0.25) is 14.6 Å². The van der Waals surface area contributed by atoms with Crippen LogP contribution in [0.1, 0.15) is 30.1 Å². The lowest BCUT2D eigenvalue weighted by molar-refractivity contribution is -0.139. The first kappa shape index (κ1) is 24.3. The normalized spacial score (nSPS) is 23.7. The number of carbonyl (C=O) groups excluding carboxylic acids is 2. The molecule has 3 aromatic rings. The molecule has 0 aromatic carbocycles. The molecule has 15 heteroatoms. The minimum Gasteiger partial charge on any atom is -0.495 e. The van der Waals surface area contributed by atoms with Gasteiger partial charge in [0.25, 0.3) is 5.91 Å². The monoisotopic (exact) mass is 540 g/mol. The van der Waals surface area contributed by atoms with Gasteiger partial charge in [0.15, 0.2) is 5.82 Å². The van der Waals surface area contributed by atoms with Crippen molar-refractivity contribution in [1.82, 2.24) is 29.8 Å². The predicted molar refractivity (Wildman–Crippen MR) is 123 cm³/mol. The SMILES string of the molecule is [2H]c1ncc(-c2cc(C(F)(F)F)c3c(N)ncnn23)c(OC)c1C(=O)N[C@@H]1CN(C(=O)C2CC(F)C2)C[C@@H]1F. The number of carbonyl (C=O) groups is 2. The molecular weight excluding hydrogens is 517 g/mol. The van der Waals surface area contributed by atoms with Crippen molar-refractivity contribution in [2.24, 2.45) is 5.92 Å². The zero-order valence-electron chi connectivity index (χ0n) is 20.8. The molecule has 1 saturated carbocycles. The number of ether oxygens (including phenoxy) is 1. The summed E-state index contributed by atoms with van der Waals surface area (Å²) in [6.45, 7) is -0.464. The Kier molecular flexibility index (Phi) is 5.99. The van der Waals surface area contributed by atoms with Crippen LogP contribution in [0.3, 0.4) is 0 Å². The average molecular weight is 540 g/mol. The number of nitrogens with zero attached hydrogens (tertiary/aromatic N) is 5. The van der Waals surface area contributed by atoms with Crippen molar-refractivity contribution < 1.29 is 37.6 Å². The first-order valence-electron chi connectivity index (χ1n) is 12.0. The van der Waals surface area contributed by atoms with Crippen molar-refractivity contribution in [3.05, 3.63) is 35.9 Å². The number of hydrogen-bond donors (Lipinski definition) is 2. The number of amides is 2. The van der Waals surface area contributed by atoms with E-state index in [-0.39, 0.29) is 42.9 Å². The minimum atomic E-state index is -4.83. The van der Waals surface area contributed by atoms with Crippen molar-refractivity contribution in [1.29, 1.82) is 0 Å². The van der Waals surface area contributed by atoms with Crippen molar-refractivity contribution in [3.8, 4) is 17.0 Å². The number of aromatic nitrogens is 4. The number of nitrogen functional groups attached to an aromatic ring is 1. The summed E-state index contributed by atoms with van der Waals surface area (Å²) in [7, 11) is 1.14. The summed E-state index contributed by atoms with van der Waals surface area (Å²) in [5.74, 6) is -2.65. The number of likely N-dealkylation sites (tertiary alicyclic amines) is 1. The maximum atomic E-state index is 14.8. The maximum Gasteiger partial charge on any atom is 0.418 e. The third kappa shape index (κ3) is 4.35. The largest absolute Gasteiger partial charge is 0.495 e. The van der Waals surface area contributed by atoms with Gasteiger partial charge in [0, 0.05) is 24.8 Å². The average Bonchev–Trinajstić information content (AvgIpc) is 3.43. The number of hydrogen-bond acceptors (Lipinski definition) is 7. The molecule has 1 aliphatic heterocycles. The van der Waals surface area contributed by atoms with Crippen molar-refractivity contribution in [2.45, 2.75) is 37.4 Å². The van der Waals surface area contributed by atoms with Gasteiger partial charge in [-0.2, -0.15) is 18.3 Å². The molecule has 4 heterocycles. The van der Waals surface area contributed by atoms with Crippen molar-refractivity contribution >= 4 is 23.1 Å². The van der Waals surface area contributed by atoms with Gasteiger partial charge in [-0.05, 0) is 18.9 Å². The molecule has 10 nitrogen and oxygen atoms in total. The van der Waals surface area contributed by atoms with Crippen LogP contribution in [0.5, 0.6) is 5.75 Å². The van der Waals surface area contributed by atoms with E-state index >= 15 is 0 Å². The molecule has 2 aliphatic rings. The summed E-state index contributed by atoms with van der Waals surface area (Å²) in [5, 5.41) is 6.29. The Bertz CT molecular complexity index is 1460. The Morgan fingerprint density at radius 3 is 2.66 bits per heavy atom. The van der Waals surface area contributed by atoms with Gasteiger partial charge in [-0.1, -0.05) is 0 Å². The Morgan fingerprint density at radius 2 is 2.00 bits per heavy atom. The van der Waals surface area contributed by atoms with Crippen LogP contribution < -0.4 is 15.8 Å². The summed E-state index contributed by atoms with van der Waals surface area (Å²) in [6.07, 6.45) is -5.97. The second-order valence-corrected chi connectivity index (χ2v) is 9.14. The number of anilines is 1. The van der Waals surface area contributed by atoms with Crippen LogP contribution >= 0.6 is 0 Å². The summed E-state index contributed by atoms with van der Waals surface area (Å²) < 4.78 is 83.6. The molecule has 3 aromatic heterocycles. The van der Waals surface area contributed by atoms with E-state index in [0.717, 1.165) is 30.2 Å². The van der Waals surface area contributed by atoms with E-state index in [2.05, 4.69) is 20.4 Å². The highest BCUT2D eigenvalue weighted by molar-refractivity contribution is 5.99. The first-order valence-corrected chi connectivity index (χ1v) is 11.5. The van der Waals surface area contributed by atoms with E-state index in [1.807, 2.05) is 0 Å². The molecule has 5 rings (SSSR count). The molecule has 3 N–H and O–H groups in total. The second kappa shape index (κ2) is 9.36. The number of fused-ring (bicyclic) bond motifs is 1. The van der Waals surface area contributed by atoms with Crippen LogP contribution in [-0.2, 0) is 11.0 Å². The molecule has 38 heavy (non-hydrogen) atoms. The van der Waals surface area contributed by atoms with Crippen LogP contribution in [0.2, 0.25) is 0 Å². The van der Waals surface area contributed by atoms with Crippen LogP contribution in [0.15, 0.2) is 24.8 Å². The third-order valence-corrected chi connectivity index (χ3v) is 6.74. The zero-order valence-corrected chi connectivity index (χ0v) is 19.8. The van der Waals surface area contributed by atoms with Gasteiger partial charge in [-0.25, -0.2) is 18.3 Å². The predicted octanol–water partition coefficient (Wildman–Crippen LogP) is 2.43. The number of nitrogens with one attached hydrogen (secondary N) is 1. The highest BCUT2D eigenvalue weighted by atomic mass is 19.4. The molecule has 0 radical (unpaired) electrons. The Hall–Kier alpha value is -4.04. The fourth-order valence-electron chi connectivity index (χ4n) is 4.76. The van der Waals surface area contributed by atoms with Crippen LogP contribution in [-0.4, -0.2) is 74.9 Å². The maximum absolute atomic E-state index is 14.8.